The van der Waals surface area contributed by atoms with Crippen molar-refractivity contribution < 1.29 is 9.59 Å². The van der Waals surface area contributed by atoms with E-state index < -0.39 is 6.04 Å². The number of likely N-dealkylation sites (N-methyl/N-ethyl adjacent to an activating group) is 2. The van der Waals surface area contributed by atoms with Gasteiger partial charge in [0.05, 0.1) is 0 Å². The Labute approximate surface area is 120 Å². The Morgan fingerprint density at radius 3 is 2.50 bits per heavy atom. The van der Waals surface area contributed by atoms with Crippen LogP contribution < -0.4 is 16.0 Å². The Morgan fingerprint density at radius 2 is 1.90 bits per heavy atom. The number of para-hydroxylation sites is 1. The fourth-order valence-electron chi connectivity index (χ4n) is 1.98. The number of anilines is 1. The highest BCUT2D eigenvalue weighted by Crippen LogP contribution is 2.23. The molecule has 110 valence electrons. The van der Waals surface area contributed by atoms with E-state index in [9.17, 15) is 9.59 Å². The van der Waals surface area contributed by atoms with Gasteiger partial charge < -0.3 is 16.0 Å². The van der Waals surface area contributed by atoms with Gasteiger partial charge in [-0.1, -0.05) is 31.5 Å². The summed E-state index contributed by atoms with van der Waals surface area (Å²) < 4.78 is 0. The molecule has 0 spiro atoms. The maximum atomic E-state index is 11.9. The molecular weight excluding hydrogens is 254 g/mol. The molecule has 1 unspecified atom stereocenters. The summed E-state index contributed by atoms with van der Waals surface area (Å²) in [7, 11) is 3.31. The third kappa shape index (κ3) is 4.35. The number of carbonyl (C=O) groups is 2. The van der Waals surface area contributed by atoms with Gasteiger partial charge in [-0.25, -0.2) is 0 Å². The summed E-state index contributed by atoms with van der Waals surface area (Å²) in [6, 6.07) is 6.86. The largest absolute Gasteiger partial charge is 0.358 e. The first-order valence-electron chi connectivity index (χ1n) is 6.91. The minimum atomic E-state index is -0.484. The molecule has 0 saturated carbocycles. The van der Waals surface area contributed by atoms with Crippen molar-refractivity contribution in [1.29, 1.82) is 0 Å². The zero-order valence-corrected chi connectivity index (χ0v) is 12.3. The predicted octanol–water partition coefficient (Wildman–Crippen LogP) is 1.82. The predicted molar refractivity (Wildman–Crippen MR) is 80.5 cm³/mol. The Bertz CT molecular complexity index is 460. The van der Waals surface area contributed by atoms with Gasteiger partial charge in [-0.15, -0.1) is 0 Å². The molecule has 2 amide bonds. The monoisotopic (exact) mass is 277 g/mol. The Balaban J connectivity index is 2.92. The van der Waals surface area contributed by atoms with E-state index in [0.29, 0.717) is 12.1 Å². The van der Waals surface area contributed by atoms with Crippen LogP contribution in [0.5, 0.6) is 0 Å². The number of nitrogens with one attached hydrogen (secondary N) is 3. The van der Waals surface area contributed by atoms with E-state index in [1.807, 2.05) is 31.2 Å². The fourth-order valence-corrected chi connectivity index (χ4v) is 1.98. The minimum absolute atomic E-state index is 0.0222. The van der Waals surface area contributed by atoms with E-state index in [1.165, 1.54) is 0 Å². The van der Waals surface area contributed by atoms with Gasteiger partial charge in [-0.3, -0.25) is 9.59 Å². The van der Waals surface area contributed by atoms with Crippen molar-refractivity contribution in [3.8, 4) is 0 Å². The number of unbranched alkanes of at least 4 members (excludes halogenated alkanes) is 1. The van der Waals surface area contributed by atoms with Crippen LogP contribution in [0.25, 0.3) is 0 Å². The Kier molecular flexibility index (Phi) is 6.73. The van der Waals surface area contributed by atoms with Gasteiger partial charge in [0.1, 0.15) is 6.04 Å². The number of benzene rings is 1. The molecule has 0 bridgehead atoms. The van der Waals surface area contributed by atoms with Crippen LogP contribution in [0, 0.1) is 0 Å². The average molecular weight is 277 g/mol. The molecule has 5 heteroatoms. The van der Waals surface area contributed by atoms with E-state index in [2.05, 4.69) is 16.0 Å². The van der Waals surface area contributed by atoms with Gasteiger partial charge in [0.15, 0.2) is 0 Å². The topological polar surface area (TPSA) is 70.2 Å². The summed E-state index contributed by atoms with van der Waals surface area (Å²) in [5.41, 5.74) is 1.44. The van der Waals surface area contributed by atoms with Crippen LogP contribution in [0.15, 0.2) is 24.3 Å². The van der Waals surface area contributed by atoms with Crippen LogP contribution in [0.1, 0.15) is 37.8 Å². The molecule has 1 rings (SSSR count). The lowest BCUT2D eigenvalue weighted by molar-refractivity contribution is -0.122. The zero-order valence-electron chi connectivity index (χ0n) is 12.3. The molecule has 0 saturated heterocycles. The third-order valence-electron chi connectivity index (χ3n) is 3.10. The molecule has 20 heavy (non-hydrogen) atoms. The summed E-state index contributed by atoms with van der Waals surface area (Å²) >= 11 is 0. The summed E-state index contributed by atoms with van der Waals surface area (Å²) in [6.45, 7) is 2.05. The van der Waals surface area contributed by atoms with Crippen LogP contribution in [0.4, 0.5) is 5.69 Å². The summed E-state index contributed by atoms with van der Waals surface area (Å²) in [4.78, 5) is 23.7. The molecule has 1 aromatic rings. The smallest absolute Gasteiger partial charge is 0.241 e. The maximum absolute atomic E-state index is 11.9. The number of rotatable bonds is 7. The number of hydrogen-bond acceptors (Lipinski definition) is 3. The molecule has 0 heterocycles. The highest BCUT2D eigenvalue weighted by atomic mass is 16.2. The van der Waals surface area contributed by atoms with Crippen molar-refractivity contribution >= 4 is 17.5 Å². The molecule has 0 aliphatic heterocycles. The number of amides is 2. The van der Waals surface area contributed by atoms with Crippen molar-refractivity contribution in [3.63, 3.8) is 0 Å². The molecule has 0 fully saturated rings. The van der Waals surface area contributed by atoms with Crippen LogP contribution in [-0.4, -0.2) is 25.9 Å². The molecular formula is C15H23N3O2. The van der Waals surface area contributed by atoms with Gasteiger partial charge in [-0.2, -0.15) is 0 Å². The quantitative estimate of drug-likeness (QED) is 0.712. The molecule has 0 aliphatic rings. The van der Waals surface area contributed by atoms with Crippen molar-refractivity contribution in [2.45, 2.75) is 32.2 Å². The van der Waals surface area contributed by atoms with E-state index in [4.69, 9.17) is 0 Å². The molecule has 0 aromatic heterocycles. The van der Waals surface area contributed by atoms with Crippen LogP contribution in [0.2, 0.25) is 0 Å². The third-order valence-corrected chi connectivity index (χ3v) is 3.10. The summed E-state index contributed by atoms with van der Waals surface area (Å²) in [5, 5.41) is 8.46. The number of carbonyl (C=O) groups excluding carboxylic acids is 2. The first-order valence-corrected chi connectivity index (χ1v) is 6.91. The molecule has 5 nitrogen and oxygen atoms in total. The number of hydrogen-bond donors (Lipinski definition) is 3. The molecule has 3 N–H and O–H groups in total. The average Bonchev–Trinajstić information content (AvgIpc) is 2.47. The zero-order chi connectivity index (χ0) is 15.0. The molecule has 0 aliphatic carbocycles. The summed E-state index contributed by atoms with van der Waals surface area (Å²) in [5.74, 6) is -0.159. The second-order valence-corrected chi connectivity index (χ2v) is 4.57. The minimum Gasteiger partial charge on any atom is -0.358 e. The Hall–Kier alpha value is -1.88. The lowest BCUT2D eigenvalue weighted by Gasteiger charge is -2.19. The standard InChI is InChI=1S/C15H23N3O2/c1-4-5-10-13(19)18-12-9-7-6-8-11(12)14(16-2)15(20)17-3/h6-9,14,16H,4-5,10H2,1-3H3,(H,17,20)(H,18,19). The Morgan fingerprint density at radius 1 is 1.20 bits per heavy atom. The highest BCUT2D eigenvalue weighted by Gasteiger charge is 2.20. The van der Waals surface area contributed by atoms with Gasteiger partial charge >= 0.3 is 0 Å². The van der Waals surface area contributed by atoms with E-state index in [0.717, 1.165) is 18.4 Å². The lowest BCUT2D eigenvalue weighted by atomic mass is 10.0. The molecule has 1 aromatic carbocycles. The first-order chi connectivity index (χ1) is 9.63. The van der Waals surface area contributed by atoms with Gasteiger partial charge in [-0.05, 0) is 19.5 Å². The second-order valence-electron chi connectivity index (χ2n) is 4.57. The van der Waals surface area contributed by atoms with E-state index in [1.54, 1.807) is 14.1 Å². The van der Waals surface area contributed by atoms with Crippen LogP contribution in [-0.2, 0) is 9.59 Å². The summed E-state index contributed by atoms with van der Waals surface area (Å²) in [6.07, 6.45) is 2.33. The highest BCUT2D eigenvalue weighted by molar-refractivity contribution is 5.93. The molecule has 0 radical (unpaired) electrons. The molecule has 1 atom stereocenters. The van der Waals surface area contributed by atoms with E-state index in [-0.39, 0.29) is 11.8 Å². The first kappa shape index (κ1) is 16.2. The van der Waals surface area contributed by atoms with Gasteiger partial charge in [0.25, 0.3) is 0 Å². The van der Waals surface area contributed by atoms with Crippen molar-refractivity contribution in [3.05, 3.63) is 29.8 Å². The van der Waals surface area contributed by atoms with Crippen LogP contribution >= 0.6 is 0 Å². The van der Waals surface area contributed by atoms with Crippen LogP contribution in [0.3, 0.4) is 0 Å². The second kappa shape index (κ2) is 8.32. The van der Waals surface area contributed by atoms with Crippen molar-refractivity contribution in [1.82, 2.24) is 10.6 Å². The van der Waals surface area contributed by atoms with Crippen molar-refractivity contribution in [2.75, 3.05) is 19.4 Å². The van der Waals surface area contributed by atoms with Crippen molar-refractivity contribution in [2.24, 2.45) is 0 Å². The SMILES string of the molecule is CCCCC(=O)Nc1ccccc1C(NC)C(=O)NC. The normalized spacial score (nSPS) is 11.8. The fraction of sp³-hybridized carbons (Fsp3) is 0.467. The van der Waals surface area contributed by atoms with Gasteiger partial charge in [0, 0.05) is 24.7 Å². The lowest BCUT2D eigenvalue weighted by Crippen LogP contribution is -2.34. The van der Waals surface area contributed by atoms with Gasteiger partial charge in [0.2, 0.25) is 11.8 Å². The van der Waals surface area contributed by atoms with E-state index >= 15 is 0 Å². The maximum Gasteiger partial charge on any atom is 0.241 e.